The van der Waals surface area contributed by atoms with E-state index in [-0.39, 0.29) is 0 Å². The molecule has 66 valence electrons. The Morgan fingerprint density at radius 2 is 2.31 bits per heavy atom. The van der Waals surface area contributed by atoms with Crippen LogP contribution in [0.2, 0.25) is 0 Å². The summed E-state index contributed by atoms with van der Waals surface area (Å²) < 4.78 is 0. The molecular weight excluding hydrogens is 182 g/mol. The number of anilines is 1. The van der Waals surface area contributed by atoms with Crippen LogP contribution in [0.25, 0.3) is 0 Å². The van der Waals surface area contributed by atoms with E-state index in [0.29, 0.717) is 5.82 Å². The second-order valence-electron chi connectivity index (χ2n) is 2.75. The van der Waals surface area contributed by atoms with Gasteiger partial charge < -0.3 is 5.73 Å². The van der Waals surface area contributed by atoms with Gasteiger partial charge in [0.2, 0.25) is 0 Å². The van der Waals surface area contributed by atoms with E-state index < -0.39 is 0 Å². The number of hydrogen-bond acceptors (Lipinski definition) is 4. The van der Waals surface area contributed by atoms with Crippen LogP contribution in [0.15, 0.2) is 29.2 Å². The maximum Gasteiger partial charge on any atom is 0.123 e. The summed E-state index contributed by atoms with van der Waals surface area (Å²) in [6.07, 6.45) is 2.55. The van der Waals surface area contributed by atoms with Crippen LogP contribution in [0.5, 0.6) is 0 Å². The Balaban J connectivity index is 2.19. The lowest BCUT2D eigenvalue weighted by molar-refractivity contribution is 1.10. The molecule has 0 aliphatic heterocycles. The molecular formula is C9H9N3S. The number of thiazole rings is 1. The highest BCUT2D eigenvalue weighted by Crippen LogP contribution is 2.10. The number of nitrogens with zero attached hydrogens (tertiary/aromatic N) is 2. The van der Waals surface area contributed by atoms with Crippen molar-refractivity contribution >= 4 is 17.2 Å². The van der Waals surface area contributed by atoms with Crippen LogP contribution in [0.1, 0.15) is 11.3 Å². The van der Waals surface area contributed by atoms with Crippen LogP contribution in [-0.2, 0) is 6.42 Å². The lowest BCUT2D eigenvalue weighted by Gasteiger charge is -1.98. The van der Waals surface area contributed by atoms with E-state index in [9.17, 15) is 0 Å². The first-order valence-corrected chi connectivity index (χ1v) is 4.86. The average molecular weight is 191 g/mol. The lowest BCUT2D eigenvalue weighted by Crippen LogP contribution is -1.93. The summed E-state index contributed by atoms with van der Waals surface area (Å²) in [5.74, 6) is 0.563. The Bertz CT molecular complexity index is 384. The first kappa shape index (κ1) is 8.19. The summed E-state index contributed by atoms with van der Waals surface area (Å²) in [5.41, 5.74) is 9.62. The Kier molecular flexibility index (Phi) is 2.23. The molecule has 0 spiro atoms. The Morgan fingerprint density at radius 3 is 3.00 bits per heavy atom. The molecule has 0 unspecified atom stereocenters. The third kappa shape index (κ3) is 2.03. The number of aromatic nitrogens is 2. The maximum absolute atomic E-state index is 5.56. The maximum atomic E-state index is 5.56. The second kappa shape index (κ2) is 3.53. The van der Waals surface area contributed by atoms with Crippen molar-refractivity contribution < 1.29 is 0 Å². The van der Waals surface area contributed by atoms with Crippen molar-refractivity contribution in [3.05, 3.63) is 40.5 Å². The van der Waals surface area contributed by atoms with Gasteiger partial charge in [0.15, 0.2) is 0 Å². The standard InChI is InChI=1S/C9H9N3S/c10-9-4-7(1-2-11-9)3-8-5-13-6-12-8/h1-2,4-6H,3H2,(H2,10,11). The highest BCUT2D eigenvalue weighted by molar-refractivity contribution is 7.07. The van der Waals surface area contributed by atoms with Gasteiger partial charge in [0.05, 0.1) is 11.2 Å². The highest BCUT2D eigenvalue weighted by Gasteiger charge is 1.98. The van der Waals surface area contributed by atoms with E-state index in [1.54, 1.807) is 17.5 Å². The van der Waals surface area contributed by atoms with E-state index in [4.69, 9.17) is 5.73 Å². The van der Waals surface area contributed by atoms with Gasteiger partial charge in [0.25, 0.3) is 0 Å². The molecule has 0 aliphatic carbocycles. The van der Waals surface area contributed by atoms with Gasteiger partial charge >= 0.3 is 0 Å². The molecule has 2 N–H and O–H groups in total. The average Bonchev–Trinajstić information content (AvgIpc) is 2.57. The number of hydrogen-bond donors (Lipinski definition) is 1. The number of nitrogens with two attached hydrogens (primary N) is 1. The van der Waals surface area contributed by atoms with Gasteiger partial charge in [-0.05, 0) is 17.7 Å². The van der Waals surface area contributed by atoms with Gasteiger partial charge in [-0.2, -0.15) is 0 Å². The monoisotopic (exact) mass is 191 g/mol. The fourth-order valence-electron chi connectivity index (χ4n) is 1.14. The summed E-state index contributed by atoms with van der Waals surface area (Å²) in [6.45, 7) is 0. The molecule has 4 heteroatoms. The Morgan fingerprint density at radius 1 is 1.38 bits per heavy atom. The molecule has 2 aromatic rings. The summed E-state index contributed by atoms with van der Waals surface area (Å²) in [4.78, 5) is 8.13. The van der Waals surface area contributed by atoms with Crippen molar-refractivity contribution in [2.45, 2.75) is 6.42 Å². The van der Waals surface area contributed by atoms with Gasteiger partial charge in [-0.3, -0.25) is 0 Å². The van der Waals surface area contributed by atoms with E-state index in [2.05, 4.69) is 9.97 Å². The predicted octanol–water partition coefficient (Wildman–Crippen LogP) is 1.71. The number of rotatable bonds is 2. The third-order valence-electron chi connectivity index (χ3n) is 1.71. The smallest absolute Gasteiger partial charge is 0.123 e. The van der Waals surface area contributed by atoms with Crippen LogP contribution in [0, 0.1) is 0 Å². The molecule has 0 aliphatic rings. The van der Waals surface area contributed by atoms with Crippen LogP contribution in [0.3, 0.4) is 0 Å². The summed E-state index contributed by atoms with van der Waals surface area (Å²) in [5, 5.41) is 2.04. The second-order valence-corrected chi connectivity index (χ2v) is 3.46. The summed E-state index contributed by atoms with van der Waals surface area (Å²) in [7, 11) is 0. The SMILES string of the molecule is Nc1cc(Cc2cscn2)ccn1. The van der Waals surface area contributed by atoms with Crippen LogP contribution in [-0.4, -0.2) is 9.97 Å². The molecule has 0 aromatic carbocycles. The van der Waals surface area contributed by atoms with Gasteiger partial charge in [-0.25, -0.2) is 9.97 Å². The molecule has 0 atom stereocenters. The fourth-order valence-corrected chi connectivity index (χ4v) is 1.70. The first-order valence-electron chi connectivity index (χ1n) is 3.92. The van der Waals surface area contributed by atoms with Crippen molar-refractivity contribution in [3.8, 4) is 0 Å². The molecule has 2 heterocycles. The highest BCUT2D eigenvalue weighted by atomic mass is 32.1. The molecule has 13 heavy (non-hydrogen) atoms. The molecule has 0 radical (unpaired) electrons. The minimum atomic E-state index is 0.563. The topological polar surface area (TPSA) is 51.8 Å². The quantitative estimate of drug-likeness (QED) is 0.786. The molecule has 2 aromatic heterocycles. The normalized spacial score (nSPS) is 10.2. The zero-order chi connectivity index (χ0) is 9.10. The zero-order valence-corrected chi connectivity index (χ0v) is 7.79. The number of pyridine rings is 1. The van der Waals surface area contributed by atoms with Crippen LogP contribution in [0.4, 0.5) is 5.82 Å². The molecule has 0 fully saturated rings. The minimum Gasteiger partial charge on any atom is -0.384 e. The van der Waals surface area contributed by atoms with Crippen LogP contribution >= 0.6 is 11.3 Å². The van der Waals surface area contributed by atoms with Gasteiger partial charge in [0.1, 0.15) is 5.82 Å². The van der Waals surface area contributed by atoms with E-state index in [1.165, 1.54) is 0 Å². The van der Waals surface area contributed by atoms with E-state index in [1.807, 2.05) is 23.0 Å². The van der Waals surface area contributed by atoms with Crippen LogP contribution < -0.4 is 5.73 Å². The molecule has 3 nitrogen and oxygen atoms in total. The third-order valence-corrected chi connectivity index (χ3v) is 2.35. The molecule has 0 saturated heterocycles. The Labute approximate surface area is 80.3 Å². The fraction of sp³-hybridized carbons (Fsp3) is 0.111. The lowest BCUT2D eigenvalue weighted by atomic mass is 10.1. The number of nitrogen functional groups attached to an aromatic ring is 1. The predicted molar refractivity (Wildman–Crippen MR) is 53.6 cm³/mol. The van der Waals surface area contributed by atoms with Gasteiger partial charge in [-0.15, -0.1) is 11.3 Å². The van der Waals surface area contributed by atoms with Crippen molar-refractivity contribution in [1.29, 1.82) is 0 Å². The molecule has 0 amide bonds. The summed E-state index contributed by atoms with van der Waals surface area (Å²) >= 11 is 1.61. The minimum absolute atomic E-state index is 0.563. The van der Waals surface area contributed by atoms with Gasteiger partial charge in [0, 0.05) is 18.0 Å². The summed E-state index contributed by atoms with van der Waals surface area (Å²) in [6, 6.07) is 3.83. The van der Waals surface area contributed by atoms with Crippen molar-refractivity contribution in [1.82, 2.24) is 9.97 Å². The van der Waals surface area contributed by atoms with Crippen molar-refractivity contribution in [2.75, 3.05) is 5.73 Å². The van der Waals surface area contributed by atoms with E-state index in [0.717, 1.165) is 17.7 Å². The first-order chi connectivity index (χ1) is 6.34. The molecule has 0 bridgehead atoms. The molecule has 2 rings (SSSR count). The van der Waals surface area contributed by atoms with Crippen molar-refractivity contribution in [3.63, 3.8) is 0 Å². The van der Waals surface area contributed by atoms with Gasteiger partial charge in [-0.1, -0.05) is 0 Å². The van der Waals surface area contributed by atoms with Crippen molar-refractivity contribution in [2.24, 2.45) is 0 Å². The molecule has 0 saturated carbocycles. The zero-order valence-electron chi connectivity index (χ0n) is 6.97. The Hall–Kier alpha value is -1.42. The largest absolute Gasteiger partial charge is 0.384 e. The van der Waals surface area contributed by atoms with E-state index >= 15 is 0 Å².